The fourth-order valence-corrected chi connectivity index (χ4v) is 3.94. The second-order valence-electron chi connectivity index (χ2n) is 3.87. The zero-order valence-corrected chi connectivity index (χ0v) is 16.0. The predicted octanol–water partition coefficient (Wildman–Crippen LogP) is 3.88. The van der Waals surface area contributed by atoms with Crippen LogP contribution >= 0.6 is 47.8 Å². The van der Waals surface area contributed by atoms with Gasteiger partial charge in [-0.05, 0) is 50.9 Å². The molecule has 0 bridgehead atoms. The molecular formula is C13H14Br3NO4. The number of hydrogen-bond acceptors (Lipinski definition) is 5. The minimum atomic E-state index is -0.444. The number of nitrogens with one attached hydrogen (secondary N) is 1. The number of rotatable bonds is 7. The fraction of sp³-hybridized carbons (Fsp3) is 0.385. The predicted molar refractivity (Wildman–Crippen MR) is 90.2 cm³/mol. The van der Waals surface area contributed by atoms with Crippen molar-refractivity contribution in [3.63, 3.8) is 0 Å². The Balaban J connectivity index is 2.38. The van der Waals surface area contributed by atoms with Crippen LogP contribution in [0.1, 0.15) is 13.3 Å². The number of carbonyl (C=O) groups excluding carboxylic acids is 2. The first kappa shape index (κ1) is 18.4. The van der Waals surface area contributed by atoms with Gasteiger partial charge >= 0.3 is 11.9 Å². The van der Waals surface area contributed by atoms with E-state index in [-0.39, 0.29) is 25.5 Å². The van der Waals surface area contributed by atoms with E-state index in [9.17, 15) is 9.59 Å². The van der Waals surface area contributed by atoms with Gasteiger partial charge in [0.2, 0.25) is 0 Å². The molecule has 5 nitrogen and oxygen atoms in total. The summed E-state index contributed by atoms with van der Waals surface area (Å²) < 4.78 is 12.2. The lowest BCUT2D eigenvalue weighted by molar-refractivity contribution is -0.148. The molecule has 0 heterocycles. The molecule has 1 rings (SSSR count). The molecule has 1 N–H and O–H groups in total. The van der Waals surface area contributed by atoms with Crippen molar-refractivity contribution in [1.82, 2.24) is 0 Å². The Morgan fingerprint density at radius 1 is 1.10 bits per heavy atom. The lowest BCUT2D eigenvalue weighted by atomic mass is 10.3. The molecule has 0 spiro atoms. The van der Waals surface area contributed by atoms with Crippen LogP contribution in [-0.4, -0.2) is 31.7 Å². The van der Waals surface area contributed by atoms with Crippen molar-refractivity contribution >= 4 is 65.4 Å². The van der Waals surface area contributed by atoms with Crippen LogP contribution in [0.4, 0.5) is 5.69 Å². The van der Waals surface area contributed by atoms with Gasteiger partial charge in [0.05, 0.1) is 18.7 Å². The van der Waals surface area contributed by atoms with E-state index >= 15 is 0 Å². The average molecular weight is 488 g/mol. The molecule has 0 radical (unpaired) electrons. The van der Waals surface area contributed by atoms with Crippen LogP contribution in [0.5, 0.6) is 0 Å². The smallest absolute Gasteiger partial charge is 0.325 e. The number of ether oxygens (including phenoxy) is 2. The standard InChI is InChI=1S/C13H14Br3NO4/c1-2-20-11(18)3-4-21-12(19)7-17-13-9(15)5-8(14)6-10(13)16/h5-6,17H,2-4,7H2,1H3. The first-order valence-electron chi connectivity index (χ1n) is 6.13. The molecule has 1 aromatic carbocycles. The lowest BCUT2D eigenvalue weighted by Gasteiger charge is -2.11. The highest BCUT2D eigenvalue weighted by Gasteiger charge is 2.10. The van der Waals surface area contributed by atoms with E-state index in [1.54, 1.807) is 6.92 Å². The molecule has 116 valence electrons. The maximum atomic E-state index is 11.6. The fourth-order valence-electron chi connectivity index (χ4n) is 1.40. The average Bonchev–Trinajstić information content (AvgIpc) is 2.37. The summed E-state index contributed by atoms with van der Waals surface area (Å²) in [5, 5.41) is 2.97. The summed E-state index contributed by atoms with van der Waals surface area (Å²) in [6, 6.07) is 3.72. The van der Waals surface area contributed by atoms with Crippen molar-refractivity contribution in [3.8, 4) is 0 Å². The van der Waals surface area contributed by atoms with Crippen LogP contribution in [0.3, 0.4) is 0 Å². The van der Waals surface area contributed by atoms with Crippen LogP contribution in [0.15, 0.2) is 25.6 Å². The second-order valence-corrected chi connectivity index (χ2v) is 6.50. The summed E-state index contributed by atoms with van der Waals surface area (Å²) in [5.41, 5.74) is 0.751. The summed E-state index contributed by atoms with van der Waals surface area (Å²) in [6.07, 6.45) is 0.0608. The van der Waals surface area contributed by atoms with Crippen molar-refractivity contribution in [2.75, 3.05) is 25.1 Å². The lowest BCUT2D eigenvalue weighted by Crippen LogP contribution is -2.19. The Hall–Kier alpha value is -0.600. The third kappa shape index (κ3) is 6.80. The van der Waals surface area contributed by atoms with Crippen LogP contribution < -0.4 is 5.32 Å². The molecule has 0 aliphatic carbocycles. The highest BCUT2D eigenvalue weighted by molar-refractivity contribution is 9.11. The van der Waals surface area contributed by atoms with E-state index in [4.69, 9.17) is 9.47 Å². The normalized spacial score (nSPS) is 10.1. The van der Waals surface area contributed by atoms with Crippen molar-refractivity contribution in [3.05, 3.63) is 25.6 Å². The van der Waals surface area contributed by atoms with Crippen LogP contribution in [0.25, 0.3) is 0 Å². The molecule has 0 amide bonds. The topological polar surface area (TPSA) is 64.6 Å². The van der Waals surface area contributed by atoms with Gasteiger partial charge in [-0.2, -0.15) is 0 Å². The zero-order valence-electron chi connectivity index (χ0n) is 11.3. The Bertz CT molecular complexity index is 499. The van der Waals surface area contributed by atoms with E-state index in [0.717, 1.165) is 19.1 Å². The first-order valence-corrected chi connectivity index (χ1v) is 8.51. The van der Waals surface area contributed by atoms with Gasteiger partial charge in [-0.25, -0.2) is 0 Å². The van der Waals surface area contributed by atoms with Gasteiger partial charge in [0.25, 0.3) is 0 Å². The highest BCUT2D eigenvalue weighted by atomic mass is 79.9. The number of carbonyl (C=O) groups is 2. The number of anilines is 1. The number of esters is 2. The highest BCUT2D eigenvalue weighted by Crippen LogP contribution is 2.34. The molecule has 0 saturated carbocycles. The number of benzene rings is 1. The first-order chi connectivity index (χ1) is 9.93. The quantitative estimate of drug-likeness (QED) is 0.591. The zero-order chi connectivity index (χ0) is 15.8. The summed E-state index contributed by atoms with van der Waals surface area (Å²) in [4.78, 5) is 22.6. The van der Waals surface area contributed by atoms with Gasteiger partial charge in [-0.15, -0.1) is 0 Å². The molecule has 0 aliphatic rings. The molecule has 0 saturated heterocycles. The molecule has 8 heteroatoms. The van der Waals surface area contributed by atoms with E-state index in [0.29, 0.717) is 6.61 Å². The van der Waals surface area contributed by atoms with Gasteiger partial charge in [-0.3, -0.25) is 9.59 Å². The summed E-state index contributed by atoms with van der Waals surface area (Å²) in [7, 11) is 0. The van der Waals surface area contributed by atoms with Crippen LogP contribution in [0, 0.1) is 0 Å². The maximum Gasteiger partial charge on any atom is 0.325 e. The minimum Gasteiger partial charge on any atom is -0.466 e. The van der Waals surface area contributed by atoms with Gasteiger partial charge in [0.15, 0.2) is 0 Å². The third-order valence-electron chi connectivity index (χ3n) is 2.29. The molecule has 0 atom stereocenters. The van der Waals surface area contributed by atoms with E-state index < -0.39 is 5.97 Å². The van der Waals surface area contributed by atoms with Crippen LogP contribution in [0.2, 0.25) is 0 Å². The maximum absolute atomic E-state index is 11.6. The van der Waals surface area contributed by atoms with E-state index in [1.165, 1.54) is 0 Å². The van der Waals surface area contributed by atoms with E-state index in [2.05, 4.69) is 53.1 Å². The van der Waals surface area contributed by atoms with Crippen molar-refractivity contribution in [2.45, 2.75) is 13.3 Å². The number of halogens is 3. The van der Waals surface area contributed by atoms with Crippen LogP contribution in [-0.2, 0) is 19.1 Å². The Kier molecular flexibility index (Phi) is 8.28. The monoisotopic (exact) mass is 485 g/mol. The molecular weight excluding hydrogens is 474 g/mol. The molecule has 0 unspecified atom stereocenters. The SMILES string of the molecule is CCOC(=O)CCOC(=O)CNc1c(Br)cc(Br)cc1Br. The molecule has 21 heavy (non-hydrogen) atoms. The number of hydrogen-bond donors (Lipinski definition) is 1. The van der Waals surface area contributed by atoms with Crippen molar-refractivity contribution < 1.29 is 19.1 Å². The van der Waals surface area contributed by atoms with Gasteiger partial charge in [0, 0.05) is 13.4 Å². The van der Waals surface area contributed by atoms with Crippen molar-refractivity contribution in [1.29, 1.82) is 0 Å². The Labute approximate surface area is 148 Å². The summed E-state index contributed by atoms with van der Waals surface area (Å²) in [5.74, 6) is -0.822. The van der Waals surface area contributed by atoms with Crippen molar-refractivity contribution in [2.24, 2.45) is 0 Å². The Morgan fingerprint density at radius 2 is 1.71 bits per heavy atom. The molecule has 0 fully saturated rings. The third-order valence-corrected chi connectivity index (χ3v) is 4.00. The van der Waals surface area contributed by atoms with Gasteiger partial charge in [-0.1, -0.05) is 15.9 Å². The van der Waals surface area contributed by atoms with Gasteiger partial charge < -0.3 is 14.8 Å². The minimum absolute atomic E-state index is 0.00164. The van der Waals surface area contributed by atoms with Gasteiger partial charge in [0.1, 0.15) is 13.2 Å². The van der Waals surface area contributed by atoms with E-state index in [1.807, 2.05) is 12.1 Å². The molecule has 0 aromatic heterocycles. The summed E-state index contributed by atoms with van der Waals surface area (Å²) >= 11 is 10.2. The second kappa shape index (κ2) is 9.42. The summed E-state index contributed by atoms with van der Waals surface area (Å²) in [6.45, 7) is 2.06. The molecule has 0 aliphatic heterocycles. The molecule has 1 aromatic rings. The Morgan fingerprint density at radius 3 is 2.29 bits per heavy atom. The largest absolute Gasteiger partial charge is 0.466 e.